The molecule has 1 aliphatic heterocycles. The Morgan fingerprint density at radius 2 is 1.81 bits per heavy atom. The summed E-state index contributed by atoms with van der Waals surface area (Å²) in [6.45, 7) is 5.97. The van der Waals surface area contributed by atoms with Crippen molar-refractivity contribution in [1.82, 2.24) is 0 Å². The maximum Gasteiger partial charge on any atom is 0.244 e. The molecule has 0 atom stereocenters. The molecule has 0 unspecified atom stereocenters. The fraction of sp³-hybridized carbons (Fsp3) is 0.529. The van der Waals surface area contributed by atoms with E-state index in [-0.39, 0.29) is 5.91 Å². The molecule has 4 nitrogen and oxygen atoms in total. The Bertz CT molecular complexity index is 520. The summed E-state index contributed by atoms with van der Waals surface area (Å²) >= 11 is 0. The van der Waals surface area contributed by atoms with Gasteiger partial charge in [0.05, 0.1) is 6.07 Å². The van der Waals surface area contributed by atoms with Crippen LogP contribution in [0.3, 0.4) is 0 Å². The Balaban J connectivity index is 2.06. The first-order valence-electron chi connectivity index (χ1n) is 7.73. The van der Waals surface area contributed by atoms with Gasteiger partial charge in [0.1, 0.15) is 5.41 Å². The average molecular weight is 285 g/mol. The van der Waals surface area contributed by atoms with E-state index in [9.17, 15) is 10.1 Å². The van der Waals surface area contributed by atoms with Crippen LogP contribution >= 0.6 is 0 Å². The van der Waals surface area contributed by atoms with Crippen LogP contribution in [-0.4, -0.2) is 19.0 Å². The fourth-order valence-corrected chi connectivity index (χ4v) is 2.76. The second-order valence-electron chi connectivity index (χ2n) is 5.60. The number of anilines is 2. The maximum atomic E-state index is 12.3. The van der Waals surface area contributed by atoms with Gasteiger partial charge in [-0.1, -0.05) is 13.8 Å². The number of carbonyl (C=O) groups is 1. The largest absolute Gasteiger partial charge is 0.372 e. The van der Waals surface area contributed by atoms with Gasteiger partial charge in [0.25, 0.3) is 0 Å². The first-order chi connectivity index (χ1) is 10.1. The summed E-state index contributed by atoms with van der Waals surface area (Å²) in [7, 11) is 0. The lowest BCUT2D eigenvalue weighted by molar-refractivity contribution is -0.123. The Labute approximate surface area is 126 Å². The quantitative estimate of drug-likeness (QED) is 0.900. The standard InChI is InChI=1S/C17H23N3O/c1-3-17(4-2,13-18)16(21)19-14-7-9-15(10-8-14)20-11-5-6-12-20/h7-10H,3-6,11-12H2,1-2H3,(H,19,21). The average Bonchev–Trinajstić information content (AvgIpc) is 3.05. The number of rotatable bonds is 5. The third-order valence-electron chi connectivity index (χ3n) is 4.45. The molecular formula is C17H23N3O. The second kappa shape index (κ2) is 6.62. The van der Waals surface area contributed by atoms with Gasteiger partial charge in [-0.05, 0) is 49.9 Å². The van der Waals surface area contributed by atoms with Crippen molar-refractivity contribution >= 4 is 17.3 Å². The first kappa shape index (κ1) is 15.4. The third-order valence-corrected chi connectivity index (χ3v) is 4.45. The number of nitrogens with one attached hydrogen (secondary N) is 1. The molecule has 112 valence electrons. The highest BCUT2D eigenvalue weighted by Crippen LogP contribution is 2.28. The molecule has 1 N–H and O–H groups in total. The number of hydrogen-bond acceptors (Lipinski definition) is 3. The lowest BCUT2D eigenvalue weighted by Crippen LogP contribution is -2.33. The lowest BCUT2D eigenvalue weighted by Gasteiger charge is -2.22. The van der Waals surface area contributed by atoms with Gasteiger partial charge in [0.2, 0.25) is 5.91 Å². The minimum absolute atomic E-state index is 0.205. The van der Waals surface area contributed by atoms with Crippen LogP contribution in [0.15, 0.2) is 24.3 Å². The van der Waals surface area contributed by atoms with Crippen molar-refractivity contribution in [2.45, 2.75) is 39.5 Å². The summed E-state index contributed by atoms with van der Waals surface area (Å²) in [5.41, 5.74) is 1.03. The minimum Gasteiger partial charge on any atom is -0.372 e. The predicted octanol–water partition coefficient (Wildman–Crippen LogP) is 3.56. The molecule has 1 aliphatic rings. The Kier molecular flexibility index (Phi) is 4.85. The van der Waals surface area contributed by atoms with E-state index in [0.717, 1.165) is 18.8 Å². The molecule has 0 bridgehead atoms. The van der Waals surface area contributed by atoms with Gasteiger partial charge >= 0.3 is 0 Å². The molecule has 0 saturated carbocycles. The monoisotopic (exact) mass is 285 g/mol. The zero-order chi connectivity index (χ0) is 15.3. The molecule has 0 aromatic heterocycles. The molecule has 1 amide bonds. The number of nitriles is 1. The van der Waals surface area contributed by atoms with Gasteiger partial charge in [0.15, 0.2) is 0 Å². The third kappa shape index (κ3) is 3.18. The highest BCUT2D eigenvalue weighted by Gasteiger charge is 2.34. The molecule has 1 saturated heterocycles. The van der Waals surface area contributed by atoms with E-state index in [1.54, 1.807) is 0 Å². The first-order valence-corrected chi connectivity index (χ1v) is 7.73. The van der Waals surface area contributed by atoms with Crippen molar-refractivity contribution in [3.05, 3.63) is 24.3 Å². The van der Waals surface area contributed by atoms with Gasteiger partial charge in [-0.25, -0.2) is 0 Å². The van der Waals surface area contributed by atoms with E-state index < -0.39 is 5.41 Å². The van der Waals surface area contributed by atoms with Crippen LogP contribution in [0.4, 0.5) is 11.4 Å². The van der Waals surface area contributed by atoms with Crippen LogP contribution in [-0.2, 0) is 4.79 Å². The highest BCUT2D eigenvalue weighted by molar-refractivity contribution is 5.97. The molecule has 1 heterocycles. The summed E-state index contributed by atoms with van der Waals surface area (Å²) in [6, 6.07) is 10.1. The lowest BCUT2D eigenvalue weighted by atomic mass is 9.83. The van der Waals surface area contributed by atoms with Gasteiger partial charge in [0, 0.05) is 24.5 Å². The number of nitrogens with zero attached hydrogens (tertiary/aromatic N) is 2. The molecule has 1 fully saturated rings. The minimum atomic E-state index is -0.923. The highest BCUT2D eigenvalue weighted by atomic mass is 16.2. The van der Waals surface area contributed by atoms with Crippen LogP contribution in [0.1, 0.15) is 39.5 Å². The molecule has 21 heavy (non-hydrogen) atoms. The van der Waals surface area contributed by atoms with Gasteiger partial charge in [-0.15, -0.1) is 0 Å². The SMILES string of the molecule is CCC(C#N)(CC)C(=O)Nc1ccc(N2CCCC2)cc1. The Hall–Kier alpha value is -2.02. The van der Waals surface area contributed by atoms with E-state index >= 15 is 0 Å². The van der Waals surface area contributed by atoms with Crippen molar-refractivity contribution in [2.75, 3.05) is 23.3 Å². The van der Waals surface area contributed by atoms with Crippen LogP contribution in [0.25, 0.3) is 0 Å². The zero-order valence-electron chi connectivity index (χ0n) is 12.9. The molecule has 2 rings (SSSR count). The molecule has 0 radical (unpaired) electrons. The second-order valence-corrected chi connectivity index (χ2v) is 5.60. The summed E-state index contributed by atoms with van der Waals surface area (Å²) < 4.78 is 0. The predicted molar refractivity (Wildman–Crippen MR) is 85.1 cm³/mol. The number of hydrogen-bond donors (Lipinski definition) is 1. The molecular weight excluding hydrogens is 262 g/mol. The molecule has 0 aliphatic carbocycles. The maximum absolute atomic E-state index is 12.3. The van der Waals surface area contributed by atoms with Crippen LogP contribution in [0.2, 0.25) is 0 Å². The van der Waals surface area contributed by atoms with Gasteiger partial charge in [-0.3, -0.25) is 4.79 Å². The molecule has 4 heteroatoms. The normalized spacial score (nSPS) is 14.8. The van der Waals surface area contributed by atoms with Gasteiger partial charge in [-0.2, -0.15) is 5.26 Å². The number of amides is 1. The number of carbonyl (C=O) groups excluding carboxylic acids is 1. The van der Waals surface area contributed by atoms with E-state index in [1.165, 1.54) is 18.5 Å². The van der Waals surface area contributed by atoms with E-state index in [1.807, 2.05) is 38.1 Å². The fourth-order valence-electron chi connectivity index (χ4n) is 2.76. The van der Waals surface area contributed by atoms with Crippen molar-refractivity contribution in [3.8, 4) is 6.07 Å². The zero-order valence-corrected chi connectivity index (χ0v) is 12.9. The summed E-state index contributed by atoms with van der Waals surface area (Å²) in [5.74, 6) is -0.205. The van der Waals surface area contributed by atoms with E-state index in [4.69, 9.17) is 0 Å². The number of benzene rings is 1. The summed E-state index contributed by atoms with van der Waals surface area (Å²) in [4.78, 5) is 14.7. The molecule has 1 aromatic carbocycles. The Morgan fingerprint density at radius 1 is 1.24 bits per heavy atom. The van der Waals surface area contributed by atoms with Gasteiger partial charge < -0.3 is 10.2 Å². The van der Waals surface area contributed by atoms with Crippen molar-refractivity contribution in [3.63, 3.8) is 0 Å². The van der Waals surface area contributed by atoms with Crippen LogP contribution in [0.5, 0.6) is 0 Å². The topological polar surface area (TPSA) is 56.1 Å². The van der Waals surface area contributed by atoms with E-state index in [0.29, 0.717) is 12.8 Å². The molecule has 0 spiro atoms. The summed E-state index contributed by atoms with van der Waals surface area (Å²) in [6.07, 6.45) is 3.54. The van der Waals surface area contributed by atoms with Crippen molar-refractivity contribution < 1.29 is 4.79 Å². The Morgan fingerprint density at radius 3 is 2.29 bits per heavy atom. The van der Waals surface area contributed by atoms with Crippen LogP contribution in [0, 0.1) is 16.7 Å². The van der Waals surface area contributed by atoms with Crippen molar-refractivity contribution in [2.24, 2.45) is 5.41 Å². The smallest absolute Gasteiger partial charge is 0.244 e. The van der Waals surface area contributed by atoms with Crippen LogP contribution < -0.4 is 10.2 Å². The van der Waals surface area contributed by atoms with Crippen molar-refractivity contribution in [1.29, 1.82) is 5.26 Å². The molecule has 1 aromatic rings. The van der Waals surface area contributed by atoms with E-state index in [2.05, 4.69) is 16.3 Å². The summed E-state index contributed by atoms with van der Waals surface area (Å²) in [5, 5.41) is 12.2.